The van der Waals surface area contributed by atoms with Gasteiger partial charge in [-0.3, -0.25) is 9.69 Å². The largest absolute Gasteiger partial charge is 0.286 e. The van der Waals surface area contributed by atoms with E-state index >= 15 is 0 Å². The van der Waals surface area contributed by atoms with Gasteiger partial charge in [0, 0.05) is 6.04 Å². The van der Waals surface area contributed by atoms with Gasteiger partial charge in [-0.25, -0.2) is 0 Å². The molecule has 0 aromatic heterocycles. The molecule has 0 spiro atoms. The van der Waals surface area contributed by atoms with E-state index in [2.05, 4.69) is 4.40 Å². The van der Waals surface area contributed by atoms with E-state index < -0.39 is 15.3 Å². The summed E-state index contributed by atoms with van der Waals surface area (Å²) in [6.45, 7) is 2.02. The first-order chi connectivity index (χ1) is 14.5. The number of rotatable bonds is 5. The lowest BCUT2D eigenvalue weighted by atomic mass is 9.94. The molecule has 1 atom stereocenters. The Hall–Kier alpha value is -2.12. The smallest absolute Gasteiger partial charge is 0.284 e. The second kappa shape index (κ2) is 8.94. The molecule has 2 aromatic rings. The van der Waals surface area contributed by atoms with Crippen LogP contribution in [-0.4, -0.2) is 30.4 Å². The molecule has 1 amide bonds. The van der Waals surface area contributed by atoms with Crippen LogP contribution in [-0.2, 0) is 21.2 Å². The molecule has 2 fully saturated rings. The Labute approximate surface area is 182 Å². The van der Waals surface area contributed by atoms with E-state index in [4.69, 9.17) is 0 Å². The van der Waals surface area contributed by atoms with E-state index in [0.29, 0.717) is 5.17 Å². The molecule has 1 saturated heterocycles. The normalized spacial score (nSPS) is 22.0. The predicted molar refractivity (Wildman–Crippen MR) is 121 cm³/mol. The lowest BCUT2D eigenvalue weighted by Gasteiger charge is -2.30. The van der Waals surface area contributed by atoms with Crippen molar-refractivity contribution in [2.24, 2.45) is 4.40 Å². The van der Waals surface area contributed by atoms with E-state index in [-0.39, 0.29) is 16.8 Å². The van der Waals surface area contributed by atoms with Gasteiger partial charge in [0.2, 0.25) is 5.91 Å². The first kappa shape index (κ1) is 21.1. The summed E-state index contributed by atoms with van der Waals surface area (Å²) in [5.74, 6) is -0.0617. The summed E-state index contributed by atoms with van der Waals surface area (Å²) in [6.07, 6.45) is 5.87. The first-order valence-corrected chi connectivity index (χ1v) is 12.8. The monoisotopic (exact) mass is 442 g/mol. The fraction of sp³-hybridized carbons (Fsp3) is 0.391. The summed E-state index contributed by atoms with van der Waals surface area (Å²) in [5.41, 5.74) is 1.95. The van der Waals surface area contributed by atoms with Crippen LogP contribution < -0.4 is 0 Å². The Morgan fingerprint density at radius 2 is 1.67 bits per heavy atom. The second-order valence-electron chi connectivity index (χ2n) is 7.76. The summed E-state index contributed by atoms with van der Waals surface area (Å²) < 4.78 is 30.2. The highest BCUT2D eigenvalue weighted by Crippen LogP contribution is 2.43. The summed E-state index contributed by atoms with van der Waals surface area (Å²) in [6, 6.07) is 16.4. The number of benzene rings is 2. The number of sulfonamides is 1. The molecule has 1 unspecified atom stereocenters. The molecule has 0 N–H and O–H groups in total. The molecular formula is C23H26N2O3S2. The van der Waals surface area contributed by atoms with E-state index in [1.54, 1.807) is 17.0 Å². The maximum atomic E-state index is 13.4. The van der Waals surface area contributed by atoms with Crippen LogP contribution in [0.2, 0.25) is 0 Å². The van der Waals surface area contributed by atoms with Crippen LogP contribution in [0.15, 0.2) is 63.9 Å². The average Bonchev–Trinajstić information content (AvgIpc) is 3.10. The number of carbonyl (C=O) groups excluding carboxylic acids is 1. The van der Waals surface area contributed by atoms with Gasteiger partial charge in [-0.2, -0.15) is 8.42 Å². The fourth-order valence-corrected chi connectivity index (χ4v) is 6.48. The molecule has 2 aliphatic rings. The molecule has 30 heavy (non-hydrogen) atoms. The molecule has 1 saturated carbocycles. The standard InChI is InChI=1S/C23H26N2O3S2/c1-2-17-13-15-20(16-14-17)30(27,28)24-23-25(19-11-7-4-8-12-19)22(26)21(29-23)18-9-5-3-6-10-18/h3,5-6,9-10,13-16,19,21H,2,4,7-8,11-12H2,1H3/b24-23+. The molecule has 2 aromatic carbocycles. The van der Waals surface area contributed by atoms with E-state index in [1.165, 1.54) is 11.8 Å². The van der Waals surface area contributed by atoms with Gasteiger partial charge in [-0.15, -0.1) is 4.40 Å². The summed E-state index contributed by atoms with van der Waals surface area (Å²) >= 11 is 1.25. The molecule has 1 aliphatic carbocycles. The number of hydrogen-bond donors (Lipinski definition) is 0. The first-order valence-electron chi connectivity index (χ1n) is 10.5. The number of amides is 1. The minimum Gasteiger partial charge on any atom is -0.286 e. The Balaban J connectivity index is 1.71. The number of nitrogens with zero attached hydrogens (tertiary/aromatic N) is 2. The third-order valence-electron chi connectivity index (χ3n) is 5.76. The molecule has 0 bridgehead atoms. The third kappa shape index (κ3) is 4.32. The highest BCUT2D eigenvalue weighted by atomic mass is 32.2. The predicted octanol–water partition coefficient (Wildman–Crippen LogP) is 4.94. The molecule has 0 radical (unpaired) electrons. The van der Waals surface area contributed by atoms with Gasteiger partial charge in [-0.05, 0) is 42.5 Å². The van der Waals surface area contributed by atoms with E-state index in [0.717, 1.165) is 49.7 Å². The van der Waals surface area contributed by atoms with Crippen LogP contribution in [0.3, 0.4) is 0 Å². The van der Waals surface area contributed by atoms with Crippen LogP contribution in [0, 0.1) is 0 Å². The highest BCUT2D eigenvalue weighted by molar-refractivity contribution is 8.15. The number of aryl methyl sites for hydroxylation is 1. The van der Waals surface area contributed by atoms with Crippen molar-refractivity contribution in [2.45, 2.75) is 61.6 Å². The van der Waals surface area contributed by atoms with Gasteiger partial charge in [0.1, 0.15) is 5.25 Å². The maximum absolute atomic E-state index is 13.4. The summed E-state index contributed by atoms with van der Waals surface area (Å²) in [5, 5.41) is -0.148. The van der Waals surface area contributed by atoms with Crippen molar-refractivity contribution >= 4 is 32.9 Å². The van der Waals surface area contributed by atoms with Crippen molar-refractivity contribution in [1.82, 2.24) is 4.90 Å². The summed E-state index contributed by atoms with van der Waals surface area (Å²) in [7, 11) is -3.90. The maximum Gasteiger partial charge on any atom is 0.284 e. The number of amidine groups is 1. The Morgan fingerprint density at radius 3 is 2.30 bits per heavy atom. The van der Waals surface area contributed by atoms with Crippen LogP contribution in [0.4, 0.5) is 0 Å². The minimum atomic E-state index is -3.90. The van der Waals surface area contributed by atoms with Crippen molar-refractivity contribution in [1.29, 1.82) is 0 Å². The molecule has 4 rings (SSSR count). The minimum absolute atomic E-state index is 0.0175. The van der Waals surface area contributed by atoms with Gasteiger partial charge in [0.15, 0.2) is 5.17 Å². The van der Waals surface area contributed by atoms with Crippen LogP contribution in [0.1, 0.15) is 55.4 Å². The molecule has 5 nitrogen and oxygen atoms in total. The Morgan fingerprint density at radius 1 is 1.00 bits per heavy atom. The van der Waals surface area contributed by atoms with Crippen LogP contribution >= 0.6 is 11.8 Å². The van der Waals surface area contributed by atoms with Crippen molar-refractivity contribution in [2.75, 3.05) is 0 Å². The number of hydrogen-bond acceptors (Lipinski definition) is 4. The lowest BCUT2D eigenvalue weighted by Crippen LogP contribution is -2.41. The highest BCUT2D eigenvalue weighted by Gasteiger charge is 2.43. The van der Waals surface area contributed by atoms with Crippen molar-refractivity contribution in [3.8, 4) is 0 Å². The average molecular weight is 443 g/mol. The zero-order valence-corrected chi connectivity index (χ0v) is 18.7. The van der Waals surface area contributed by atoms with Gasteiger partial charge in [-0.1, -0.05) is 80.4 Å². The van der Waals surface area contributed by atoms with Crippen LogP contribution in [0.5, 0.6) is 0 Å². The second-order valence-corrected chi connectivity index (χ2v) is 10.4. The zero-order chi connectivity index (χ0) is 21.1. The molecule has 1 heterocycles. The fourth-order valence-electron chi connectivity index (χ4n) is 4.07. The number of carbonyl (C=O) groups is 1. The van der Waals surface area contributed by atoms with Gasteiger partial charge in [0.25, 0.3) is 10.0 Å². The quantitative estimate of drug-likeness (QED) is 0.658. The summed E-state index contributed by atoms with van der Waals surface area (Å²) in [4.78, 5) is 15.2. The lowest BCUT2D eigenvalue weighted by molar-refractivity contribution is -0.128. The molecule has 7 heteroatoms. The topological polar surface area (TPSA) is 66.8 Å². The van der Waals surface area contributed by atoms with E-state index in [9.17, 15) is 13.2 Å². The van der Waals surface area contributed by atoms with Crippen molar-refractivity contribution in [3.05, 3.63) is 65.7 Å². The van der Waals surface area contributed by atoms with Gasteiger partial charge >= 0.3 is 0 Å². The number of thioether (sulfide) groups is 1. The van der Waals surface area contributed by atoms with Crippen LogP contribution in [0.25, 0.3) is 0 Å². The van der Waals surface area contributed by atoms with Gasteiger partial charge < -0.3 is 0 Å². The zero-order valence-electron chi connectivity index (χ0n) is 17.0. The SMILES string of the molecule is CCc1ccc(S(=O)(=O)/N=C2/SC(c3ccccc3)C(=O)N2C2CCCCC2)cc1. The Bertz CT molecular complexity index is 1030. The Kier molecular flexibility index (Phi) is 6.29. The molecular weight excluding hydrogens is 416 g/mol. The van der Waals surface area contributed by atoms with Crippen molar-refractivity contribution in [3.63, 3.8) is 0 Å². The molecule has 158 valence electrons. The van der Waals surface area contributed by atoms with Crippen molar-refractivity contribution < 1.29 is 13.2 Å². The third-order valence-corrected chi connectivity index (χ3v) is 8.37. The van der Waals surface area contributed by atoms with Gasteiger partial charge in [0.05, 0.1) is 4.90 Å². The molecule has 1 aliphatic heterocycles. The van der Waals surface area contributed by atoms with E-state index in [1.807, 2.05) is 49.4 Å².